The molecule has 10 atom stereocenters. The molecule has 0 heteroatoms. The van der Waals surface area contributed by atoms with Crippen molar-refractivity contribution in [2.24, 2.45) is 59.2 Å². The third-order valence-corrected chi connectivity index (χ3v) is 9.39. The van der Waals surface area contributed by atoms with Gasteiger partial charge in [0.15, 0.2) is 0 Å². The molecular formula is C20H30. The first-order chi connectivity index (χ1) is 9.92. The van der Waals surface area contributed by atoms with Crippen LogP contribution in [0.25, 0.3) is 0 Å². The Labute approximate surface area is 124 Å². The van der Waals surface area contributed by atoms with Gasteiger partial charge >= 0.3 is 0 Å². The van der Waals surface area contributed by atoms with Gasteiger partial charge in [-0.15, -0.1) is 0 Å². The minimum Gasteiger partial charge on any atom is -0.0527 e. The second-order valence-electron chi connectivity index (χ2n) is 9.59. The van der Waals surface area contributed by atoms with Crippen molar-refractivity contribution in [1.82, 2.24) is 0 Å². The lowest BCUT2D eigenvalue weighted by Gasteiger charge is -2.57. The second kappa shape index (κ2) is 3.85. The van der Waals surface area contributed by atoms with Crippen LogP contribution in [0, 0.1) is 59.2 Å². The molecule has 20 heavy (non-hydrogen) atoms. The smallest absolute Gasteiger partial charge is 0.0318 e. The average molecular weight is 270 g/mol. The molecule has 0 aromatic carbocycles. The van der Waals surface area contributed by atoms with Crippen molar-refractivity contribution in [3.05, 3.63) is 0 Å². The predicted octanol–water partition coefficient (Wildman–Crippen LogP) is 5.13. The third kappa shape index (κ3) is 1.23. The number of hydrogen-bond donors (Lipinski definition) is 0. The lowest BCUT2D eigenvalue weighted by atomic mass is 9.48. The fourth-order valence-electron chi connectivity index (χ4n) is 9.36. The van der Waals surface area contributed by atoms with Crippen molar-refractivity contribution in [3.63, 3.8) is 0 Å². The molecule has 0 N–H and O–H groups in total. The quantitative estimate of drug-likeness (QED) is 0.572. The summed E-state index contributed by atoms with van der Waals surface area (Å²) in [5, 5.41) is 0. The first kappa shape index (κ1) is 11.6. The molecule has 0 aromatic rings. The molecule has 0 amide bonds. The molecule has 6 aliphatic rings. The Hall–Kier alpha value is 0. The molecule has 0 bridgehead atoms. The van der Waals surface area contributed by atoms with Crippen LogP contribution >= 0.6 is 0 Å². The third-order valence-electron chi connectivity index (χ3n) is 9.39. The molecule has 110 valence electrons. The standard InChI is InChI=1S/C20H30/c1-3-11-9-13-7-8-14-10-12-4-2-6-16-15(5-1)17(11)19(13)20(14)18(12)16/h11-20H,1-10H2. The Balaban J connectivity index is 1.50. The van der Waals surface area contributed by atoms with Gasteiger partial charge in [0.25, 0.3) is 0 Å². The fraction of sp³-hybridized carbons (Fsp3) is 1.00. The summed E-state index contributed by atoms with van der Waals surface area (Å²) in [6, 6.07) is 0. The zero-order chi connectivity index (χ0) is 12.8. The maximum Gasteiger partial charge on any atom is -0.0318 e. The van der Waals surface area contributed by atoms with Gasteiger partial charge in [-0.1, -0.05) is 25.7 Å². The highest BCUT2D eigenvalue weighted by Crippen LogP contribution is 2.72. The molecule has 0 radical (unpaired) electrons. The van der Waals surface area contributed by atoms with Gasteiger partial charge in [0.05, 0.1) is 0 Å². The SMILES string of the molecule is C1CC2CC3CCC4CC5CCCC6C(C1)C2C3C4C56. The Kier molecular flexibility index (Phi) is 2.22. The van der Waals surface area contributed by atoms with Gasteiger partial charge in [-0.2, -0.15) is 0 Å². The molecule has 6 fully saturated rings. The summed E-state index contributed by atoms with van der Waals surface area (Å²) >= 11 is 0. The Morgan fingerprint density at radius 2 is 0.850 bits per heavy atom. The van der Waals surface area contributed by atoms with Crippen LogP contribution in [0.3, 0.4) is 0 Å². The minimum absolute atomic E-state index is 1.18. The molecule has 0 aliphatic heterocycles. The van der Waals surface area contributed by atoms with Crippen molar-refractivity contribution in [2.45, 2.75) is 64.2 Å². The molecular weight excluding hydrogens is 240 g/mol. The molecule has 0 heterocycles. The van der Waals surface area contributed by atoms with E-state index in [0.29, 0.717) is 0 Å². The van der Waals surface area contributed by atoms with Crippen LogP contribution in [0.4, 0.5) is 0 Å². The van der Waals surface area contributed by atoms with Crippen molar-refractivity contribution in [1.29, 1.82) is 0 Å². The molecule has 0 saturated heterocycles. The monoisotopic (exact) mass is 270 g/mol. The van der Waals surface area contributed by atoms with Gasteiger partial charge in [0.2, 0.25) is 0 Å². The second-order valence-corrected chi connectivity index (χ2v) is 9.59. The highest BCUT2D eigenvalue weighted by Gasteiger charge is 2.65. The van der Waals surface area contributed by atoms with Crippen LogP contribution in [-0.4, -0.2) is 0 Å². The number of hydrogen-bond acceptors (Lipinski definition) is 0. The zero-order valence-corrected chi connectivity index (χ0v) is 12.8. The Morgan fingerprint density at radius 3 is 1.35 bits per heavy atom. The Bertz CT molecular complexity index is 386. The van der Waals surface area contributed by atoms with Gasteiger partial charge in [-0.05, 0) is 97.7 Å². The lowest BCUT2D eigenvalue weighted by Crippen LogP contribution is -2.51. The zero-order valence-electron chi connectivity index (χ0n) is 12.8. The summed E-state index contributed by atoms with van der Waals surface area (Å²) in [6.45, 7) is 0. The van der Waals surface area contributed by atoms with E-state index < -0.39 is 0 Å². The van der Waals surface area contributed by atoms with Crippen LogP contribution in [0.5, 0.6) is 0 Å². The summed E-state index contributed by atoms with van der Waals surface area (Å²) in [5.41, 5.74) is 0. The summed E-state index contributed by atoms with van der Waals surface area (Å²) < 4.78 is 0. The average Bonchev–Trinajstić information content (AvgIpc) is 3.03. The molecule has 6 aliphatic carbocycles. The maximum absolute atomic E-state index is 1.67. The Morgan fingerprint density at radius 1 is 0.400 bits per heavy atom. The fourth-order valence-corrected chi connectivity index (χ4v) is 9.36. The topological polar surface area (TPSA) is 0 Å². The van der Waals surface area contributed by atoms with Crippen LogP contribution in [0.15, 0.2) is 0 Å². The van der Waals surface area contributed by atoms with E-state index in [-0.39, 0.29) is 0 Å². The van der Waals surface area contributed by atoms with E-state index in [1.165, 1.54) is 59.2 Å². The molecule has 0 nitrogen and oxygen atoms in total. The molecule has 0 aromatic heterocycles. The van der Waals surface area contributed by atoms with Crippen LogP contribution < -0.4 is 0 Å². The van der Waals surface area contributed by atoms with E-state index in [2.05, 4.69) is 0 Å². The van der Waals surface area contributed by atoms with Gasteiger partial charge in [-0.25, -0.2) is 0 Å². The maximum atomic E-state index is 1.67. The van der Waals surface area contributed by atoms with Gasteiger partial charge in [-0.3, -0.25) is 0 Å². The van der Waals surface area contributed by atoms with E-state index in [0.717, 1.165) is 0 Å². The normalized spacial score (nSPS) is 66.0. The predicted molar refractivity (Wildman–Crippen MR) is 81.1 cm³/mol. The lowest BCUT2D eigenvalue weighted by molar-refractivity contribution is -0.0873. The molecule has 0 spiro atoms. The summed E-state index contributed by atoms with van der Waals surface area (Å²) in [7, 11) is 0. The van der Waals surface area contributed by atoms with Crippen molar-refractivity contribution < 1.29 is 0 Å². The first-order valence-electron chi connectivity index (χ1n) is 9.92. The van der Waals surface area contributed by atoms with Gasteiger partial charge in [0, 0.05) is 0 Å². The summed E-state index contributed by atoms with van der Waals surface area (Å²) in [6.07, 6.45) is 16.3. The van der Waals surface area contributed by atoms with Crippen LogP contribution in [0.2, 0.25) is 0 Å². The van der Waals surface area contributed by atoms with Crippen molar-refractivity contribution in [2.75, 3.05) is 0 Å². The van der Waals surface area contributed by atoms with E-state index in [1.807, 2.05) is 0 Å². The largest absolute Gasteiger partial charge is 0.0527 e. The summed E-state index contributed by atoms with van der Waals surface area (Å²) in [4.78, 5) is 0. The van der Waals surface area contributed by atoms with E-state index in [9.17, 15) is 0 Å². The van der Waals surface area contributed by atoms with Crippen LogP contribution in [-0.2, 0) is 0 Å². The molecule has 10 unspecified atom stereocenters. The van der Waals surface area contributed by atoms with E-state index >= 15 is 0 Å². The minimum atomic E-state index is 1.18. The first-order valence-corrected chi connectivity index (χ1v) is 9.92. The molecule has 6 saturated carbocycles. The van der Waals surface area contributed by atoms with E-state index in [4.69, 9.17) is 0 Å². The van der Waals surface area contributed by atoms with Crippen LogP contribution in [0.1, 0.15) is 64.2 Å². The highest BCUT2D eigenvalue weighted by molar-refractivity contribution is 5.13. The summed E-state index contributed by atoms with van der Waals surface area (Å²) in [5.74, 6) is 12.0. The number of fused-ring (bicyclic) bond motifs is 1. The van der Waals surface area contributed by atoms with Crippen molar-refractivity contribution in [3.8, 4) is 0 Å². The van der Waals surface area contributed by atoms with Gasteiger partial charge < -0.3 is 0 Å². The van der Waals surface area contributed by atoms with Crippen molar-refractivity contribution >= 4 is 0 Å². The van der Waals surface area contributed by atoms with E-state index in [1.54, 1.807) is 64.2 Å². The molecule has 6 rings (SSSR count). The highest BCUT2D eigenvalue weighted by atomic mass is 14.7. The number of rotatable bonds is 0. The van der Waals surface area contributed by atoms with Gasteiger partial charge in [0.1, 0.15) is 0 Å².